The van der Waals surface area contributed by atoms with E-state index in [1.54, 1.807) is 48.1 Å². The lowest BCUT2D eigenvalue weighted by Crippen LogP contribution is -2.31. The maximum Gasteiger partial charge on any atom is 0.216 e. The number of hydrogen-bond acceptors (Lipinski definition) is 2. The summed E-state index contributed by atoms with van der Waals surface area (Å²) in [4.78, 5) is 0. The van der Waals surface area contributed by atoms with E-state index in [9.17, 15) is 5.26 Å². The van der Waals surface area contributed by atoms with Gasteiger partial charge < -0.3 is 4.42 Å². The van der Waals surface area contributed by atoms with Crippen LogP contribution in [0.5, 0.6) is 0 Å². The van der Waals surface area contributed by atoms with E-state index in [4.69, 9.17) is 12.6 Å². The Kier molecular flexibility index (Phi) is 4.00. The Labute approximate surface area is 225 Å². The Hall–Kier alpha value is -4.68. The summed E-state index contributed by atoms with van der Waals surface area (Å²) in [6.45, 7) is -2.98. The van der Waals surface area contributed by atoms with Gasteiger partial charge in [0.15, 0.2) is 6.20 Å². The number of fused-ring (bicyclic) bond motifs is 3. The standard InChI is InChI=1S/C34H27N2O/c1-21-10-8-9-13-26(21)29-18-30(36(4)20-23(29)3)31-22(2)14-16-27-28-17-15-25(19-35)32(34(28)37-33(27)31)24-11-6-5-7-12-24/h5-18,20H,1-4H3/q+1/i1D3,3D3. The first kappa shape index (κ1) is 16.9. The highest BCUT2D eigenvalue weighted by molar-refractivity contribution is 6.14. The fourth-order valence-electron chi connectivity index (χ4n) is 5.14. The van der Waals surface area contributed by atoms with Gasteiger partial charge >= 0.3 is 0 Å². The average Bonchev–Trinajstić information content (AvgIpc) is 3.35. The van der Waals surface area contributed by atoms with E-state index in [2.05, 4.69) is 6.07 Å². The Balaban J connectivity index is 1.71. The molecule has 0 aliphatic rings. The van der Waals surface area contributed by atoms with Crippen molar-refractivity contribution in [3.05, 3.63) is 113 Å². The lowest BCUT2D eigenvalue weighted by molar-refractivity contribution is -0.660. The van der Waals surface area contributed by atoms with Gasteiger partial charge in [0.05, 0.1) is 17.2 Å². The number of hydrogen-bond donors (Lipinski definition) is 0. The molecule has 0 radical (unpaired) electrons. The molecule has 0 aliphatic carbocycles. The third kappa shape index (κ3) is 3.61. The molecule has 0 atom stereocenters. The van der Waals surface area contributed by atoms with Gasteiger partial charge in [0, 0.05) is 36.2 Å². The van der Waals surface area contributed by atoms with Gasteiger partial charge in [-0.1, -0.05) is 66.7 Å². The summed E-state index contributed by atoms with van der Waals surface area (Å²) in [7, 11) is 1.77. The molecule has 2 aromatic heterocycles. The molecule has 4 aromatic carbocycles. The Bertz CT molecular complexity index is 2080. The first-order valence-corrected chi connectivity index (χ1v) is 12.0. The lowest BCUT2D eigenvalue weighted by atomic mass is 9.93. The van der Waals surface area contributed by atoms with Crippen molar-refractivity contribution in [2.75, 3.05) is 0 Å². The first-order valence-electron chi connectivity index (χ1n) is 15.0. The number of nitriles is 1. The van der Waals surface area contributed by atoms with Crippen LogP contribution in [0.1, 0.15) is 30.5 Å². The molecular formula is C34H27N2O+. The van der Waals surface area contributed by atoms with E-state index in [1.807, 2.05) is 55.5 Å². The quantitative estimate of drug-likeness (QED) is 0.237. The van der Waals surface area contributed by atoms with Crippen molar-refractivity contribution >= 4 is 21.9 Å². The molecule has 6 rings (SSSR count). The molecule has 0 amide bonds. The third-order valence-electron chi connectivity index (χ3n) is 6.95. The van der Waals surface area contributed by atoms with E-state index in [-0.39, 0.29) is 11.1 Å². The van der Waals surface area contributed by atoms with Gasteiger partial charge in [-0.3, -0.25) is 0 Å². The molecule has 0 saturated carbocycles. The van der Waals surface area contributed by atoms with Crippen LogP contribution in [0.4, 0.5) is 0 Å². The van der Waals surface area contributed by atoms with E-state index in [1.165, 1.54) is 6.07 Å². The zero-order valence-corrected chi connectivity index (χ0v) is 20.5. The van der Waals surface area contributed by atoms with Crippen LogP contribution in [0.25, 0.3) is 55.4 Å². The van der Waals surface area contributed by atoms with Crippen LogP contribution in [0.2, 0.25) is 0 Å². The number of furan rings is 1. The molecule has 178 valence electrons. The second kappa shape index (κ2) is 8.76. The molecule has 2 heterocycles. The van der Waals surface area contributed by atoms with E-state index in [0.717, 1.165) is 27.5 Å². The molecule has 37 heavy (non-hydrogen) atoms. The van der Waals surface area contributed by atoms with Crippen LogP contribution in [-0.2, 0) is 7.05 Å². The van der Waals surface area contributed by atoms with Gasteiger partial charge in [-0.2, -0.15) is 5.26 Å². The second-order valence-corrected chi connectivity index (χ2v) is 9.22. The summed E-state index contributed by atoms with van der Waals surface area (Å²) in [5.41, 5.74) is 6.33. The van der Waals surface area contributed by atoms with Crippen LogP contribution in [0.15, 0.2) is 95.5 Å². The summed E-state index contributed by atoms with van der Waals surface area (Å²) >= 11 is 0. The maximum atomic E-state index is 9.96. The van der Waals surface area contributed by atoms with Gasteiger partial charge in [0.25, 0.3) is 0 Å². The van der Waals surface area contributed by atoms with Crippen LogP contribution < -0.4 is 4.57 Å². The number of pyridine rings is 1. The van der Waals surface area contributed by atoms with Gasteiger partial charge in [-0.25, -0.2) is 4.57 Å². The monoisotopic (exact) mass is 485 g/mol. The summed E-state index contributed by atoms with van der Waals surface area (Å²) in [6.07, 6.45) is 1.55. The minimum Gasteiger partial charge on any atom is -0.454 e. The summed E-state index contributed by atoms with van der Waals surface area (Å²) < 4.78 is 57.6. The molecule has 0 aliphatic heterocycles. The summed E-state index contributed by atoms with van der Waals surface area (Å²) in [5.74, 6) is 0. The molecule has 0 spiro atoms. The highest BCUT2D eigenvalue weighted by Gasteiger charge is 2.24. The van der Waals surface area contributed by atoms with Crippen LogP contribution >= 0.6 is 0 Å². The number of nitrogens with zero attached hydrogens (tertiary/aromatic N) is 2. The molecule has 3 nitrogen and oxygen atoms in total. The molecule has 0 unspecified atom stereocenters. The average molecular weight is 486 g/mol. The predicted molar refractivity (Wildman–Crippen MR) is 150 cm³/mol. The van der Waals surface area contributed by atoms with Crippen molar-refractivity contribution < 1.29 is 17.2 Å². The number of rotatable bonds is 3. The van der Waals surface area contributed by atoms with Gasteiger partial charge in [-0.15, -0.1) is 0 Å². The van der Waals surface area contributed by atoms with Crippen molar-refractivity contribution in [2.24, 2.45) is 7.05 Å². The Morgan fingerprint density at radius 2 is 1.46 bits per heavy atom. The van der Waals surface area contributed by atoms with E-state index >= 15 is 0 Å². The summed E-state index contributed by atoms with van der Waals surface area (Å²) in [6, 6.07) is 27.9. The summed E-state index contributed by atoms with van der Waals surface area (Å²) in [5, 5.41) is 11.7. The molecular weight excluding hydrogens is 452 g/mol. The van der Waals surface area contributed by atoms with E-state index < -0.39 is 13.7 Å². The van der Waals surface area contributed by atoms with Gasteiger partial charge in [0.1, 0.15) is 18.2 Å². The first-order chi connectivity index (χ1) is 20.4. The molecule has 0 N–H and O–H groups in total. The Morgan fingerprint density at radius 1 is 0.757 bits per heavy atom. The number of aromatic nitrogens is 1. The number of aryl methyl sites for hydroxylation is 4. The fourth-order valence-corrected chi connectivity index (χ4v) is 5.14. The normalized spacial score (nSPS) is 14.3. The van der Waals surface area contributed by atoms with Crippen molar-refractivity contribution in [3.63, 3.8) is 0 Å². The second-order valence-electron chi connectivity index (χ2n) is 9.22. The van der Waals surface area contributed by atoms with Crippen LogP contribution in [0.3, 0.4) is 0 Å². The van der Waals surface area contributed by atoms with Crippen molar-refractivity contribution in [1.29, 1.82) is 5.26 Å². The molecule has 3 heteroatoms. The van der Waals surface area contributed by atoms with Crippen molar-refractivity contribution in [2.45, 2.75) is 20.6 Å². The minimum atomic E-state index is -2.49. The molecule has 6 aromatic rings. The Morgan fingerprint density at radius 3 is 2.22 bits per heavy atom. The topological polar surface area (TPSA) is 40.8 Å². The maximum absolute atomic E-state index is 9.96. The van der Waals surface area contributed by atoms with Crippen molar-refractivity contribution in [1.82, 2.24) is 0 Å². The predicted octanol–water partition coefficient (Wildman–Crippen LogP) is 8.21. The number of benzene rings is 4. The van der Waals surface area contributed by atoms with E-state index in [0.29, 0.717) is 39.1 Å². The van der Waals surface area contributed by atoms with Gasteiger partial charge in [0.2, 0.25) is 5.69 Å². The SMILES string of the molecule is [2H]C([2H])([2H])c1ccccc1-c1cc(-c2c(C)ccc3c2oc2c(-c4ccccc4)c(C#N)ccc23)[n+](C)cc1C([2H])([2H])[2H]. The zero-order chi connectivity index (χ0) is 30.7. The van der Waals surface area contributed by atoms with Crippen LogP contribution in [-0.4, -0.2) is 0 Å². The fraction of sp³-hybridized carbons (Fsp3) is 0.118. The highest BCUT2D eigenvalue weighted by atomic mass is 16.3. The minimum absolute atomic E-state index is 0.0508. The zero-order valence-electron chi connectivity index (χ0n) is 26.5. The van der Waals surface area contributed by atoms with Crippen LogP contribution in [0, 0.1) is 32.0 Å². The molecule has 0 saturated heterocycles. The molecule has 0 fully saturated rings. The molecule has 0 bridgehead atoms. The smallest absolute Gasteiger partial charge is 0.216 e. The highest BCUT2D eigenvalue weighted by Crippen LogP contribution is 2.42. The third-order valence-corrected chi connectivity index (χ3v) is 6.95. The van der Waals surface area contributed by atoms with Gasteiger partial charge in [-0.05, 0) is 60.6 Å². The lowest BCUT2D eigenvalue weighted by Gasteiger charge is -2.12. The largest absolute Gasteiger partial charge is 0.454 e. The van der Waals surface area contributed by atoms with Crippen molar-refractivity contribution in [3.8, 4) is 39.6 Å².